The number of nitrogens with one attached hydrogen (secondary N) is 1. The fraction of sp³-hybridized carbons (Fsp3) is 0.643. The fourth-order valence-corrected chi connectivity index (χ4v) is 2.01. The highest BCUT2D eigenvalue weighted by Crippen LogP contribution is 2.27. The van der Waals surface area contributed by atoms with E-state index >= 15 is 0 Å². The highest BCUT2D eigenvalue weighted by Gasteiger charge is 2.14. The number of anilines is 1. The van der Waals surface area contributed by atoms with Crippen LogP contribution in [0, 0.1) is 13.8 Å². The van der Waals surface area contributed by atoms with E-state index in [1.807, 2.05) is 27.9 Å². The Morgan fingerprint density at radius 3 is 2.39 bits per heavy atom. The summed E-state index contributed by atoms with van der Waals surface area (Å²) in [6, 6.07) is -0.361. The van der Waals surface area contributed by atoms with Gasteiger partial charge >= 0.3 is 0 Å². The predicted molar refractivity (Wildman–Crippen MR) is 78.1 cm³/mol. The van der Waals surface area contributed by atoms with Gasteiger partial charge in [-0.15, -0.1) is 0 Å². The first kappa shape index (κ1) is 16.7. The van der Waals surface area contributed by atoms with Gasteiger partial charge in [0.25, 0.3) is 0 Å². The van der Waals surface area contributed by atoms with Crippen molar-refractivity contribution in [2.45, 2.75) is 46.6 Å². The van der Waals surface area contributed by atoms with Gasteiger partial charge in [0, 0.05) is 25.5 Å². The molecular weight excluding hydrogens is 226 g/mol. The molecule has 18 heavy (non-hydrogen) atoms. The Kier molecular flexibility index (Phi) is 7.36. The third-order valence-electron chi connectivity index (χ3n) is 3.25. The van der Waals surface area contributed by atoms with Crippen LogP contribution in [-0.4, -0.2) is 23.9 Å². The van der Waals surface area contributed by atoms with Crippen molar-refractivity contribution in [2.75, 3.05) is 12.4 Å². The normalized spacial score (nSPS) is 11.5. The van der Waals surface area contributed by atoms with E-state index in [9.17, 15) is 4.79 Å². The number of nitrogens with zero attached hydrogens (tertiary/aromatic N) is 1. The third-order valence-corrected chi connectivity index (χ3v) is 3.25. The Morgan fingerprint density at radius 1 is 1.39 bits per heavy atom. The summed E-state index contributed by atoms with van der Waals surface area (Å²) in [7, 11) is 3.97. The van der Waals surface area contributed by atoms with Crippen molar-refractivity contribution in [3.05, 3.63) is 17.0 Å². The summed E-state index contributed by atoms with van der Waals surface area (Å²) in [5.74, 6) is 0. The largest absolute Gasteiger partial charge is 0.386 e. The quantitative estimate of drug-likeness (QED) is 0.791. The molecule has 0 aliphatic rings. The van der Waals surface area contributed by atoms with Crippen molar-refractivity contribution in [2.24, 2.45) is 12.8 Å². The van der Waals surface area contributed by atoms with Crippen molar-refractivity contribution in [3.63, 3.8) is 0 Å². The molecule has 0 spiro atoms. The lowest BCUT2D eigenvalue weighted by molar-refractivity contribution is -0.109. The Bertz CT molecular complexity index is 383. The van der Waals surface area contributed by atoms with E-state index in [1.54, 1.807) is 0 Å². The molecule has 0 aliphatic carbocycles. The average Bonchev–Trinajstić information content (AvgIpc) is 2.62. The molecular formula is C14H27N3O. The highest BCUT2D eigenvalue weighted by molar-refractivity contribution is 5.60. The second kappa shape index (κ2) is 7.93. The van der Waals surface area contributed by atoms with Crippen LogP contribution in [0.4, 0.5) is 5.69 Å². The number of aldehydes is 1. The molecule has 0 amide bonds. The molecule has 1 rings (SSSR count). The lowest BCUT2D eigenvalue weighted by Gasteiger charge is -2.09. The van der Waals surface area contributed by atoms with Gasteiger partial charge in [-0.2, -0.15) is 0 Å². The van der Waals surface area contributed by atoms with Gasteiger partial charge in [0.05, 0.1) is 11.7 Å². The molecule has 1 aromatic rings. The van der Waals surface area contributed by atoms with Crippen molar-refractivity contribution in [1.29, 1.82) is 0 Å². The van der Waals surface area contributed by atoms with Gasteiger partial charge in [0.2, 0.25) is 0 Å². The molecule has 3 N–H and O–H groups in total. The number of carbonyl (C=O) groups is 1. The highest BCUT2D eigenvalue weighted by atomic mass is 16.1. The molecule has 0 bridgehead atoms. The summed E-state index contributed by atoms with van der Waals surface area (Å²) in [6.45, 7) is 8.20. The molecule has 1 aromatic heterocycles. The van der Waals surface area contributed by atoms with E-state index in [-0.39, 0.29) is 6.04 Å². The van der Waals surface area contributed by atoms with Crippen molar-refractivity contribution in [1.82, 2.24) is 4.57 Å². The van der Waals surface area contributed by atoms with Crippen LogP contribution in [0.5, 0.6) is 0 Å². The summed E-state index contributed by atoms with van der Waals surface area (Å²) in [6.07, 6.45) is 2.32. The maximum absolute atomic E-state index is 10.5. The minimum atomic E-state index is -0.361. The second-order valence-electron chi connectivity index (χ2n) is 4.18. The molecule has 4 heteroatoms. The number of rotatable bonds is 5. The minimum absolute atomic E-state index is 0.361. The van der Waals surface area contributed by atoms with E-state index in [1.165, 1.54) is 17.0 Å². The van der Waals surface area contributed by atoms with Gasteiger partial charge in [0.1, 0.15) is 6.29 Å². The molecule has 0 radical (unpaired) electrons. The SMILES string of the molecule is CC.CNc1c(C)c(C)n(C)c1CCC(N)C=O. The average molecular weight is 253 g/mol. The molecule has 0 aromatic carbocycles. The first-order valence-corrected chi connectivity index (χ1v) is 6.56. The van der Waals surface area contributed by atoms with E-state index in [2.05, 4.69) is 23.7 Å². The molecule has 0 saturated carbocycles. The van der Waals surface area contributed by atoms with Crippen molar-refractivity contribution < 1.29 is 4.79 Å². The van der Waals surface area contributed by atoms with E-state index < -0.39 is 0 Å². The molecule has 104 valence electrons. The summed E-state index contributed by atoms with van der Waals surface area (Å²) in [4.78, 5) is 10.5. The first-order valence-electron chi connectivity index (χ1n) is 6.56. The van der Waals surface area contributed by atoms with Crippen LogP contribution in [-0.2, 0) is 18.3 Å². The Labute approximate surface area is 111 Å². The fourth-order valence-electron chi connectivity index (χ4n) is 2.01. The van der Waals surface area contributed by atoms with Crippen molar-refractivity contribution >= 4 is 12.0 Å². The van der Waals surface area contributed by atoms with Gasteiger partial charge in [0.15, 0.2) is 0 Å². The standard InChI is InChI=1S/C12H21N3O.C2H6/c1-8-9(2)15(4)11(12(8)14-3)6-5-10(13)7-16;1-2/h7,10,14H,5-6,13H2,1-4H3;1-2H3. The van der Waals surface area contributed by atoms with Crippen molar-refractivity contribution in [3.8, 4) is 0 Å². The number of carbonyl (C=O) groups excluding carboxylic acids is 1. The van der Waals surface area contributed by atoms with Crippen LogP contribution in [0.1, 0.15) is 37.2 Å². The van der Waals surface area contributed by atoms with Crippen LogP contribution in [0.25, 0.3) is 0 Å². The zero-order valence-electron chi connectivity index (χ0n) is 12.5. The van der Waals surface area contributed by atoms with Gasteiger partial charge in [-0.1, -0.05) is 13.8 Å². The monoisotopic (exact) mass is 253 g/mol. The molecule has 1 unspecified atom stereocenters. The van der Waals surface area contributed by atoms with Gasteiger partial charge < -0.3 is 20.4 Å². The van der Waals surface area contributed by atoms with Crippen LogP contribution in [0.15, 0.2) is 0 Å². The van der Waals surface area contributed by atoms with Gasteiger partial charge in [-0.3, -0.25) is 0 Å². The maximum atomic E-state index is 10.5. The second-order valence-corrected chi connectivity index (χ2v) is 4.18. The summed E-state index contributed by atoms with van der Waals surface area (Å²) >= 11 is 0. The number of hydrogen-bond donors (Lipinski definition) is 2. The molecule has 1 heterocycles. The lowest BCUT2D eigenvalue weighted by atomic mass is 10.1. The molecule has 0 fully saturated rings. The third kappa shape index (κ3) is 3.60. The van der Waals surface area contributed by atoms with E-state index in [0.29, 0.717) is 6.42 Å². The minimum Gasteiger partial charge on any atom is -0.386 e. The van der Waals surface area contributed by atoms with Crippen LogP contribution in [0.3, 0.4) is 0 Å². The Morgan fingerprint density at radius 2 is 1.94 bits per heavy atom. The summed E-state index contributed by atoms with van der Waals surface area (Å²) in [5, 5.41) is 3.22. The number of nitrogens with two attached hydrogens (primary N) is 1. The summed E-state index contributed by atoms with van der Waals surface area (Å²) < 4.78 is 2.17. The number of hydrogen-bond acceptors (Lipinski definition) is 3. The zero-order valence-corrected chi connectivity index (χ0v) is 12.5. The molecule has 4 nitrogen and oxygen atoms in total. The number of aromatic nitrogens is 1. The van der Waals surface area contributed by atoms with Crippen LogP contribution < -0.4 is 11.1 Å². The maximum Gasteiger partial charge on any atom is 0.136 e. The summed E-state index contributed by atoms with van der Waals surface area (Å²) in [5.41, 5.74) is 10.5. The molecule has 0 saturated heterocycles. The van der Waals surface area contributed by atoms with Gasteiger partial charge in [-0.05, 0) is 32.3 Å². The van der Waals surface area contributed by atoms with E-state index in [0.717, 1.165) is 18.4 Å². The topological polar surface area (TPSA) is 60.1 Å². The lowest BCUT2D eigenvalue weighted by Crippen LogP contribution is -2.22. The smallest absolute Gasteiger partial charge is 0.136 e. The van der Waals surface area contributed by atoms with Gasteiger partial charge in [-0.25, -0.2) is 0 Å². The Hall–Kier alpha value is -1.29. The first-order chi connectivity index (χ1) is 8.52. The zero-order chi connectivity index (χ0) is 14.3. The van der Waals surface area contributed by atoms with E-state index in [4.69, 9.17) is 5.73 Å². The molecule has 1 atom stereocenters. The van der Waals surface area contributed by atoms with Crippen LogP contribution in [0.2, 0.25) is 0 Å². The van der Waals surface area contributed by atoms with Crippen LogP contribution >= 0.6 is 0 Å². The Balaban J connectivity index is 0.00000137. The molecule has 0 aliphatic heterocycles. The predicted octanol–water partition coefficient (Wildman–Crippen LogP) is 2.17.